The van der Waals surface area contributed by atoms with Gasteiger partial charge in [0.15, 0.2) is 5.69 Å². The van der Waals surface area contributed by atoms with E-state index in [2.05, 4.69) is 29.6 Å². The first-order valence-electron chi connectivity index (χ1n) is 10.3. The molecule has 2 aliphatic rings. The normalized spacial score (nSPS) is 24.0. The van der Waals surface area contributed by atoms with Gasteiger partial charge in [-0.15, -0.1) is 0 Å². The zero-order valence-electron chi connectivity index (χ0n) is 17.7. The van der Waals surface area contributed by atoms with E-state index in [0.717, 1.165) is 25.9 Å². The summed E-state index contributed by atoms with van der Waals surface area (Å²) in [6.45, 7) is 7.78. The summed E-state index contributed by atoms with van der Waals surface area (Å²) in [5.41, 5.74) is -0.593. The topological polar surface area (TPSA) is 106 Å². The van der Waals surface area contributed by atoms with Gasteiger partial charge in [-0.1, -0.05) is 13.8 Å². The molecule has 0 saturated carbocycles. The Labute approximate surface area is 171 Å². The van der Waals surface area contributed by atoms with Crippen molar-refractivity contribution in [3.05, 3.63) is 17.5 Å². The minimum Gasteiger partial charge on any atom is -0.376 e. The zero-order chi connectivity index (χ0) is 21.2. The smallest absolute Gasteiger partial charge is 0.272 e. The Balaban J connectivity index is 1.70. The quantitative estimate of drug-likeness (QED) is 0.698. The van der Waals surface area contributed by atoms with Crippen molar-refractivity contribution in [1.82, 2.24) is 25.3 Å². The minimum atomic E-state index is -1.07. The van der Waals surface area contributed by atoms with Crippen molar-refractivity contribution in [2.24, 2.45) is 5.92 Å². The van der Waals surface area contributed by atoms with Crippen LogP contribution in [0.2, 0.25) is 0 Å². The third-order valence-corrected chi connectivity index (χ3v) is 5.74. The Hall–Kier alpha value is -2.42. The van der Waals surface area contributed by atoms with Gasteiger partial charge in [0.25, 0.3) is 11.8 Å². The molecule has 0 aromatic carbocycles. The van der Waals surface area contributed by atoms with Gasteiger partial charge in [0.05, 0.1) is 12.6 Å². The van der Waals surface area contributed by atoms with Crippen molar-refractivity contribution < 1.29 is 19.1 Å². The number of hydrogen-bond acceptors (Lipinski definition) is 5. The summed E-state index contributed by atoms with van der Waals surface area (Å²) < 4.78 is 6.97. The summed E-state index contributed by atoms with van der Waals surface area (Å²) in [6.07, 6.45) is 2.81. The van der Waals surface area contributed by atoms with Crippen LogP contribution in [0, 0.1) is 5.92 Å². The Morgan fingerprint density at radius 1 is 1.38 bits per heavy atom. The van der Waals surface area contributed by atoms with Crippen LogP contribution in [0.1, 0.15) is 61.0 Å². The summed E-state index contributed by atoms with van der Waals surface area (Å²) >= 11 is 0. The number of carbonyl (C=O) groups is 3. The van der Waals surface area contributed by atoms with Gasteiger partial charge in [0, 0.05) is 32.8 Å². The minimum absolute atomic E-state index is 0.0294. The number of hydrogen-bond donors (Lipinski definition) is 2. The van der Waals surface area contributed by atoms with Gasteiger partial charge < -0.3 is 20.3 Å². The molecule has 0 aliphatic carbocycles. The van der Waals surface area contributed by atoms with Crippen LogP contribution in [-0.2, 0) is 16.1 Å². The standard InChI is InChI=1S/C20H31N5O4/c1-13(2)7-8-21-19(28)20(3)12-25-16(18(27)24(20)4)10-15(23-25)17(26)22-11-14-6-5-9-29-14/h10,13-14H,5-9,11-12H2,1-4H3,(H,21,28)(H,22,26)/t14-,20+/m0/s1. The molecule has 9 nitrogen and oxygen atoms in total. The van der Waals surface area contributed by atoms with Gasteiger partial charge in [-0.2, -0.15) is 5.10 Å². The monoisotopic (exact) mass is 405 g/mol. The van der Waals surface area contributed by atoms with Gasteiger partial charge in [-0.25, -0.2) is 0 Å². The van der Waals surface area contributed by atoms with Gasteiger partial charge in [-0.05, 0) is 32.1 Å². The SMILES string of the molecule is CC(C)CCNC(=O)[C@@]1(C)Cn2nc(C(=O)NC[C@@H]3CCCO3)cc2C(=O)N1C. The first-order valence-corrected chi connectivity index (χ1v) is 10.3. The third kappa shape index (κ3) is 4.44. The van der Waals surface area contributed by atoms with E-state index in [0.29, 0.717) is 24.7 Å². The van der Waals surface area contributed by atoms with Crippen molar-refractivity contribution in [2.75, 3.05) is 26.7 Å². The van der Waals surface area contributed by atoms with Crippen LogP contribution in [0.25, 0.3) is 0 Å². The fourth-order valence-corrected chi connectivity index (χ4v) is 3.61. The lowest BCUT2D eigenvalue weighted by atomic mass is 9.95. The predicted octanol–water partition coefficient (Wildman–Crippen LogP) is 0.799. The highest BCUT2D eigenvalue weighted by Crippen LogP contribution is 2.26. The average Bonchev–Trinajstić information content (AvgIpc) is 3.33. The summed E-state index contributed by atoms with van der Waals surface area (Å²) in [4.78, 5) is 39.6. The van der Waals surface area contributed by atoms with Crippen molar-refractivity contribution in [3.8, 4) is 0 Å². The van der Waals surface area contributed by atoms with Crippen LogP contribution in [-0.4, -0.2) is 70.8 Å². The highest BCUT2D eigenvalue weighted by molar-refractivity contribution is 6.01. The van der Waals surface area contributed by atoms with Gasteiger partial charge >= 0.3 is 0 Å². The van der Waals surface area contributed by atoms with Crippen LogP contribution < -0.4 is 10.6 Å². The van der Waals surface area contributed by atoms with Crippen LogP contribution >= 0.6 is 0 Å². The number of amides is 3. The van der Waals surface area contributed by atoms with Crippen molar-refractivity contribution in [2.45, 2.75) is 58.2 Å². The van der Waals surface area contributed by atoms with E-state index < -0.39 is 5.54 Å². The molecule has 2 N–H and O–H groups in total. The highest BCUT2D eigenvalue weighted by Gasteiger charge is 2.46. The molecule has 0 bridgehead atoms. The molecule has 9 heteroatoms. The number of rotatable bonds is 7. The Kier molecular flexibility index (Phi) is 6.26. The molecule has 1 saturated heterocycles. The predicted molar refractivity (Wildman–Crippen MR) is 106 cm³/mol. The lowest BCUT2D eigenvalue weighted by Crippen LogP contribution is -2.62. The maximum Gasteiger partial charge on any atom is 0.272 e. The maximum absolute atomic E-state index is 12.9. The van der Waals surface area contributed by atoms with E-state index in [1.807, 2.05) is 0 Å². The Morgan fingerprint density at radius 3 is 2.79 bits per heavy atom. The highest BCUT2D eigenvalue weighted by atomic mass is 16.5. The molecule has 3 rings (SSSR count). The first-order chi connectivity index (χ1) is 13.7. The number of fused-ring (bicyclic) bond motifs is 1. The summed E-state index contributed by atoms with van der Waals surface area (Å²) in [7, 11) is 1.61. The summed E-state index contributed by atoms with van der Waals surface area (Å²) in [6, 6.07) is 1.49. The molecule has 29 heavy (non-hydrogen) atoms. The second kappa shape index (κ2) is 8.52. The number of likely N-dealkylation sites (N-methyl/N-ethyl adjacent to an activating group) is 1. The van der Waals surface area contributed by atoms with Crippen LogP contribution in [0.3, 0.4) is 0 Å². The van der Waals surface area contributed by atoms with E-state index in [1.165, 1.54) is 15.6 Å². The zero-order valence-corrected chi connectivity index (χ0v) is 17.7. The fraction of sp³-hybridized carbons (Fsp3) is 0.700. The van der Waals surface area contributed by atoms with Crippen molar-refractivity contribution in [1.29, 1.82) is 0 Å². The largest absolute Gasteiger partial charge is 0.376 e. The summed E-state index contributed by atoms with van der Waals surface area (Å²) in [5.74, 6) is -0.425. The maximum atomic E-state index is 12.9. The Morgan fingerprint density at radius 2 is 2.14 bits per heavy atom. The number of nitrogens with one attached hydrogen (secondary N) is 2. The molecule has 160 valence electrons. The van der Waals surface area contributed by atoms with E-state index >= 15 is 0 Å². The Bertz CT molecular complexity index is 784. The molecule has 0 radical (unpaired) electrons. The average molecular weight is 405 g/mol. The van der Waals surface area contributed by atoms with E-state index in [1.54, 1.807) is 14.0 Å². The third-order valence-electron chi connectivity index (χ3n) is 5.74. The van der Waals surface area contributed by atoms with E-state index in [4.69, 9.17) is 4.74 Å². The molecule has 1 aromatic rings. The number of nitrogens with zero attached hydrogens (tertiary/aromatic N) is 3. The van der Waals surface area contributed by atoms with Crippen LogP contribution in [0.15, 0.2) is 6.07 Å². The summed E-state index contributed by atoms with van der Waals surface area (Å²) in [5, 5.41) is 10.0. The molecule has 0 unspecified atom stereocenters. The van der Waals surface area contributed by atoms with Gasteiger partial charge in [-0.3, -0.25) is 19.1 Å². The number of carbonyl (C=O) groups excluding carboxylic acids is 3. The molecule has 1 aromatic heterocycles. The van der Waals surface area contributed by atoms with Gasteiger partial charge in [0.1, 0.15) is 11.2 Å². The van der Waals surface area contributed by atoms with Crippen LogP contribution in [0.5, 0.6) is 0 Å². The van der Waals surface area contributed by atoms with Crippen molar-refractivity contribution in [3.63, 3.8) is 0 Å². The molecule has 2 atom stereocenters. The molecular weight excluding hydrogens is 374 g/mol. The molecule has 3 amide bonds. The van der Waals surface area contributed by atoms with E-state index in [9.17, 15) is 14.4 Å². The van der Waals surface area contributed by atoms with E-state index in [-0.39, 0.29) is 36.1 Å². The number of aromatic nitrogens is 2. The van der Waals surface area contributed by atoms with Crippen molar-refractivity contribution >= 4 is 17.7 Å². The lowest BCUT2D eigenvalue weighted by Gasteiger charge is -2.40. The molecule has 1 fully saturated rings. The fourth-order valence-electron chi connectivity index (χ4n) is 3.61. The lowest BCUT2D eigenvalue weighted by molar-refractivity contribution is -0.132. The second-order valence-electron chi connectivity index (χ2n) is 8.49. The molecular formula is C20H31N5O4. The molecule has 0 spiro atoms. The number of ether oxygens (including phenoxy) is 1. The first kappa shape index (κ1) is 21.3. The van der Waals surface area contributed by atoms with Crippen LogP contribution in [0.4, 0.5) is 0 Å². The second-order valence-corrected chi connectivity index (χ2v) is 8.49. The molecule has 2 aliphatic heterocycles. The molecule has 3 heterocycles. The van der Waals surface area contributed by atoms with Gasteiger partial charge in [0.2, 0.25) is 5.91 Å².